The predicted molar refractivity (Wildman–Crippen MR) is 70.8 cm³/mol. The molecule has 0 radical (unpaired) electrons. The summed E-state index contributed by atoms with van der Waals surface area (Å²) in [4.78, 5) is 10.8. The minimum absolute atomic E-state index is 0.0349. The molecule has 0 aromatic carbocycles. The molecule has 0 saturated carbocycles. The summed E-state index contributed by atoms with van der Waals surface area (Å²) in [5.74, 6) is -1.05. The van der Waals surface area contributed by atoms with E-state index >= 15 is 0 Å². The van der Waals surface area contributed by atoms with E-state index < -0.39 is 12.1 Å². The molecule has 0 aromatic heterocycles. The zero-order chi connectivity index (χ0) is 14.0. The summed E-state index contributed by atoms with van der Waals surface area (Å²) < 4.78 is 0.363. The number of likely N-dealkylation sites (N-methyl/N-ethyl adjacent to an activating group) is 1. The maximum absolute atomic E-state index is 10.8. The van der Waals surface area contributed by atoms with Crippen molar-refractivity contribution in [2.75, 3.05) is 26.2 Å². The number of carboxylic acid groups (broad SMARTS) is 1. The molecular formula is C14H27NO3. The van der Waals surface area contributed by atoms with Crippen molar-refractivity contribution < 1.29 is 19.5 Å². The smallest absolute Gasteiger partial charge is 0.121 e. The Morgan fingerprint density at radius 3 is 2.39 bits per heavy atom. The zero-order valence-electron chi connectivity index (χ0n) is 11.9. The number of rotatable bonds is 10. The lowest BCUT2D eigenvalue weighted by atomic mass is 10.2. The van der Waals surface area contributed by atoms with Crippen molar-refractivity contribution in [3.63, 3.8) is 0 Å². The van der Waals surface area contributed by atoms with E-state index in [0.29, 0.717) is 24.1 Å². The van der Waals surface area contributed by atoms with Gasteiger partial charge in [-0.15, -0.1) is 0 Å². The molecule has 0 aromatic rings. The molecule has 1 unspecified atom stereocenters. The number of hydrogen-bond donors (Lipinski definition) is 1. The second-order valence-electron chi connectivity index (χ2n) is 4.82. The van der Waals surface area contributed by atoms with Crippen LogP contribution < -0.4 is 5.11 Å². The van der Waals surface area contributed by atoms with Gasteiger partial charge in [0.15, 0.2) is 0 Å². The monoisotopic (exact) mass is 257 g/mol. The van der Waals surface area contributed by atoms with Gasteiger partial charge < -0.3 is 19.5 Å². The predicted octanol–water partition coefficient (Wildman–Crippen LogP) is 0.700. The number of carbonyl (C=O) groups is 1. The Bertz CT molecular complexity index is 260. The zero-order valence-corrected chi connectivity index (χ0v) is 11.9. The lowest BCUT2D eigenvalue weighted by Gasteiger charge is -2.38. The van der Waals surface area contributed by atoms with E-state index in [2.05, 4.69) is 6.92 Å². The number of aliphatic carboxylic acids is 1. The largest absolute Gasteiger partial charge is 0.544 e. The van der Waals surface area contributed by atoms with Gasteiger partial charge in [0.1, 0.15) is 19.2 Å². The standard InChI is InChI=1S/C14H27NO3/c1-4-7-8-9-10-13(16)11-15(5-2,6-3)12-14(17)18/h9-10,13,16H,4-8,11-12H2,1-3H3/b10-9+. The van der Waals surface area contributed by atoms with Gasteiger partial charge in [-0.2, -0.15) is 0 Å². The molecule has 18 heavy (non-hydrogen) atoms. The summed E-state index contributed by atoms with van der Waals surface area (Å²) in [6.07, 6.45) is 6.39. The van der Waals surface area contributed by atoms with E-state index in [1.165, 1.54) is 0 Å². The first-order valence-electron chi connectivity index (χ1n) is 6.89. The fourth-order valence-electron chi connectivity index (χ4n) is 2.08. The van der Waals surface area contributed by atoms with E-state index in [-0.39, 0.29) is 6.54 Å². The fourth-order valence-corrected chi connectivity index (χ4v) is 2.08. The first-order valence-corrected chi connectivity index (χ1v) is 6.89. The molecule has 4 nitrogen and oxygen atoms in total. The van der Waals surface area contributed by atoms with Gasteiger partial charge in [-0.3, -0.25) is 0 Å². The third-order valence-electron chi connectivity index (χ3n) is 3.46. The number of hydrogen-bond acceptors (Lipinski definition) is 3. The number of quaternary nitrogens is 1. The van der Waals surface area contributed by atoms with Crippen LogP contribution in [0, 0.1) is 0 Å². The molecule has 0 rings (SSSR count). The van der Waals surface area contributed by atoms with Gasteiger partial charge in [-0.1, -0.05) is 31.9 Å². The number of carbonyl (C=O) groups excluding carboxylic acids is 1. The van der Waals surface area contributed by atoms with Crippen LogP contribution in [-0.4, -0.2) is 47.8 Å². The van der Waals surface area contributed by atoms with Crippen LogP contribution in [0.4, 0.5) is 0 Å². The molecule has 4 heteroatoms. The van der Waals surface area contributed by atoms with Crippen LogP contribution in [0.3, 0.4) is 0 Å². The summed E-state index contributed by atoms with van der Waals surface area (Å²) in [5.41, 5.74) is 0. The Morgan fingerprint density at radius 1 is 1.33 bits per heavy atom. The van der Waals surface area contributed by atoms with Crippen LogP contribution in [0.2, 0.25) is 0 Å². The van der Waals surface area contributed by atoms with Gasteiger partial charge in [0.2, 0.25) is 0 Å². The van der Waals surface area contributed by atoms with Crippen LogP contribution in [0.5, 0.6) is 0 Å². The van der Waals surface area contributed by atoms with E-state index in [1.807, 2.05) is 19.9 Å². The molecule has 0 amide bonds. The van der Waals surface area contributed by atoms with Gasteiger partial charge in [-0.25, -0.2) is 0 Å². The SMILES string of the molecule is CCCC/C=C/C(O)C[N+](CC)(CC)CC(=O)[O-]. The molecule has 0 bridgehead atoms. The summed E-state index contributed by atoms with van der Waals surface area (Å²) in [5, 5.41) is 20.7. The van der Waals surface area contributed by atoms with Crippen LogP contribution >= 0.6 is 0 Å². The Balaban J connectivity index is 4.39. The van der Waals surface area contributed by atoms with Crippen molar-refractivity contribution in [2.24, 2.45) is 0 Å². The van der Waals surface area contributed by atoms with Crippen LogP contribution in [-0.2, 0) is 4.79 Å². The third-order valence-corrected chi connectivity index (χ3v) is 3.46. The molecule has 0 aliphatic carbocycles. The normalized spacial score (nSPS) is 14.0. The Labute approximate surface area is 111 Å². The molecule has 0 spiro atoms. The Kier molecular flexibility index (Phi) is 8.67. The number of aliphatic hydroxyl groups excluding tert-OH is 1. The van der Waals surface area contributed by atoms with Gasteiger partial charge >= 0.3 is 0 Å². The maximum Gasteiger partial charge on any atom is 0.121 e. The average molecular weight is 257 g/mol. The van der Waals surface area contributed by atoms with E-state index in [0.717, 1.165) is 19.3 Å². The number of unbranched alkanes of at least 4 members (excludes halogenated alkanes) is 2. The molecule has 0 saturated heterocycles. The second kappa shape index (κ2) is 9.11. The van der Waals surface area contributed by atoms with Gasteiger partial charge in [-0.05, 0) is 20.3 Å². The number of nitrogens with zero attached hydrogens (tertiary/aromatic N) is 1. The molecule has 0 heterocycles. The number of carboxylic acids is 1. The topological polar surface area (TPSA) is 60.4 Å². The second-order valence-corrected chi connectivity index (χ2v) is 4.82. The molecule has 1 atom stereocenters. The number of allylic oxidation sites excluding steroid dienone is 1. The Morgan fingerprint density at radius 2 is 1.94 bits per heavy atom. The molecule has 1 N–H and O–H groups in total. The minimum Gasteiger partial charge on any atom is -0.544 e. The lowest BCUT2D eigenvalue weighted by Crippen LogP contribution is -2.56. The van der Waals surface area contributed by atoms with E-state index in [1.54, 1.807) is 6.08 Å². The van der Waals surface area contributed by atoms with Crippen molar-refractivity contribution in [1.82, 2.24) is 0 Å². The number of aliphatic hydroxyl groups is 1. The van der Waals surface area contributed by atoms with Gasteiger partial charge in [0.05, 0.1) is 19.1 Å². The Hall–Kier alpha value is -0.870. The summed E-state index contributed by atoms with van der Waals surface area (Å²) >= 11 is 0. The van der Waals surface area contributed by atoms with Crippen molar-refractivity contribution in [3.05, 3.63) is 12.2 Å². The molecule has 0 aliphatic rings. The van der Waals surface area contributed by atoms with Gasteiger partial charge in [0.25, 0.3) is 0 Å². The molecule has 0 fully saturated rings. The average Bonchev–Trinajstić information content (AvgIpc) is 2.33. The van der Waals surface area contributed by atoms with E-state index in [4.69, 9.17) is 0 Å². The third kappa shape index (κ3) is 6.77. The highest BCUT2D eigenvalue weighted by Crippen LogP contribution is 2.09. The summed E-state index contributed by atoms with van der Waals surface area (Å²) in [7, 11) is 0. The maximum atomic E-state index is 10.8. The van der Waals surface area contributed by atoms with E-state index in [9.17, 15) is 15.0 Å². The van der Waals surface area contributed by atoms with Crippen molar-refractivity contribution >= 4 is 5.97 Å². The minimum atomic E-state index is -1.05. The highest BCUT2D eigenvalue weighted by atomic mass is 16.4. The van der Waals surface area contributed by atoms with Crippen molar-refractivity contribution in [3.8, 4) is 0 Å². The van der Waals surface area contributed by atoms with Gasteiger partial charge in [0, 0.05) is 0 Å². The quantitative estimate of drug-likeness (QED) is 0.356. The van der Waals surface area contributed by atoms with Crippen LogP contribution in [0.1, 0.15) is 40.0 Å². The fraction of sp³-hybridized carbons (Fsp3) is 0.786. The van der Waals surface area contributed by atoms with Crippen LogP contribution in [0.25, 0.3) is 0 Å². The first-order chi connectivity index (χ1) is 8.49. The first kappa shape index (κ1) is 17.1. The molecule has 0 aliphatic heterocycles. The molecular weight excluding hydrogens is 230 g/mol. The lowest BCUT2D eigenvalue weighted by molar-refractivity contribution is -0.921. The van der Waals surface area contributed by atoms with Crippen LogP contribution in [0.15, 0.2) is 12.2 Å². The molecule has 106 valence electrons. The van der Waals surface area contributed by atoms with Crippen molar-refractivity contribution in [2.45, 2.75) is 46.1 Å². The highest BCUT2D eigenvalue weighted by Gasteiger charge is 2.26. The van der Waals surface area contributed by atoms with Crippen molar-refractivity contribution in [1.29, 1.82) is 0 Å². The summed E-state index contributed by atoms with van der Waals surface area (Å²) in [6, 6.07) is 0. The summed E-state index contributed by atoms with van der Waals surface area (Å²) in [6.45, 7) is 7.78. The highest BCUT2D eigenvalue weighted by molar-refractivity contribution is 5.65.